The largest absolute Gasteiger partial charge is 0.388 e. The first-order valence-corrected chi connectivity index (χ1v) is 8.09. The van der Waals surface area contributed by atoms with Crippen LogP contribution in [-0.4, -0.2) is 33.6 Å². The normalized spacial score (nSPS) is 15.4. The molecule has 1 fully saturated rings. The fourth-order valence-electron chi connectivity index (χ4n) is 2.59. The quantitative estimate of drug-likeness (QED) is 0.741. The molecule has 1 aliphatic carbocycles. The standard InChI is InChI=1S/C17H18ClN3O3/c18-12-4-5-13(14(10-12)21-8-1-2-9-21)20-16(23)15(22)19-11-17(24)6-3-7-17/h1-2,4-5,8-10,24H,3,6-7,11H2,(H,19,22)(H,20,23). The fraction of sp³-hybridized carbons (Fsp3) is 0.294. The zero-order valence-corrected chi connectivity index (χ0v) is 13.7. The van der Waals surface area contributed by atoms with Gasteiger partial charge in [-0.3, -0.25) is 9.59 Å². The van der Waals surface area contributed by atoms with E-state index in [1.807, 2.05) is 24.5 Å². The predicted molar refractivity (Wildman–Crippen MR) is 91.2 cm³/mol. The van der Waals surface area contributed by atoms with Crippen LogP contribution < -0.4 is 10.6 Å². The molecule has 2 amide bonds. The average Bonchev–Trinajstić information content (AvgIpc) is 3.06. The minimum Gasteiger partial charge on any atom is -0.388 e. The Morgan fingerprint density at radius 3 is 2.54 bits per heavy atom. The van der Waals surface area contributed by atoms with Crippen LogP contribution in [0.25, 0.3) is 5.69 Å². The number of hydrogen-bond donors (Lipinski definition) is 3. The number of amides is 2. The first-order valence-electron chi connectivity index (χ1n) is 7.71. The summed E-state index contributed by atoms with van der Waals surface area (Å²) in [4.78, 5) is 24.0. The molecule has 0 saturated heterocycles. The molecule has 1 heterocycles. The lowest BCUT2D eigenvalue weighted by Crippen LogP contribution is -2.49. The minimum absolute atomic E-state index is 0.0876. The Labute approximate surface area is 144 Å². The van der Waals surface area contributed by atoms with Crippen LogP contribution in [0.1, 0.15) is 19.3 Å². The Balaban J connectivity index is 1.69. The van der Waals surface area contributed by atoms with E-state index in [1.54, 1.807) is 22.8 Å². The molecule has 1 aromatic heterocycles. The van der Waals surface area contributed by atoms with Crippen LogP contribution in [0.4, 0.5) is 5.69 Å². The van der Waals surface area contributed by atoms with Crippen molar-refractivity contribution in [2.75, 3.05) is 11.9 Å². The second-order valence-corrected chi connectivity index (χ2v) is 6.40. The molecular weight excluding hydrogens is 330 g/mol. The van der Waals surface area contributed by atoms with Crippen molar-refractivity contribution in [1.29, 1.82) is 0 Å². The third kappa shape index (κ3) is 3.60. The highest BCUT2D eigenvalue weighted by Crippen LogP contribution is 2.30. The number of benzene rings is 1. The number of carbonyl (C=O) groups is 2. The molecule has 3 rings (SSSR count). The third-order valence-corrected chi connectivity index (χ3v) is 4.39. The molecule has 0 aliphatic heterocycles. The molecule has 0 spiro atoms. The van der Waals surface area contributed by atoms with Gasteiger partial charge in [0.05, 0.1) is 17.0 Å². The minimum atomic E-state index is -0.869. The maximum Gasteiger partial charge on any atom is 0.313 e. The number of aromatic nitrogens is 1. The Bertz CT molecular complexity index is 754. The molecule has 1 aromatic carbocycles. The molecule has 6 nitrogen and oxygen atoms in total. The summed E-state index contributed by atoms with van der Waals surface area (Å²) >= 11 is 6.02. The number of nitrogens with zero attached hydrogens (tertiary/aromatic N) is 1. The Morgan fingerprint density at radius 1 is 1.21 bits per heavy atom. The van der Waals surface area contributed by atoms with Gasteiger partial charge in [0, 0.05) is 24.0 Å². The first-order chi connectivity index (χ1) is 11.5. The van der Waals surface area contributed by atoms with Crippen LogP contribution in [0, 0.1) is 0 Å². The Morgan fingerprint density at radius 2 is 1.92 bits per heavy atom. The van der Waals surface area contributed by atoms with E-state index < -0.39 is 17.4 Å². The topological polar surface area (TPSA) is 83.4 Å². The molecule has 3 N–H and O–H groups in total. The zero-order valence-electron chi connectivity index (χ0n) is 13.0. The Hall–Kier alpha value is -2.31. The number of hydrogen-bond acceptors (Lipinski definition) is 3. The second kappa shape index (κ2) is 6.67. The van der Waals surface area contributed by atoms with Crippen LogP contribution in [-0.2, 0) is 9.59 Å². The number of halogens is 1. The summed E-state index contributed by atoms with van der Waals surface area (Å²) in [5.41, 5.74) is 0.261. The van der Waals surface area contributed by atoms with Crippen molar-refractivity contribution in [2.45, 2.75) is 24.9 Å². The monoisotopic (exact) mass is 347 g/mol. The molecule has 1 aliphatic rings. The van der Waals surface area contributed by atoms with Crippen LogP contribution in [0.5, 0.6) is 0 Å². The lowest BCUT2D eigenvalue weighted by molar-refractivity contribution is -0.137. The fourth-order valence-corrected chi connectivity index (χ4v) is 2.75. The highest BCUT2D eigenvalue weighted by atomic mass is 35.5. The average molecular weight is 348 g/mol. The van der Waals surface area contributed by atoms with E-state index in [9.17, 15) is 14.7 Å². The van der Waals surface area contributed by atoms with Gasteiger partial charge in [0.1, 0.15) is 0 Å². The van der Waals surface area contributed by atoms with Gasteiger partial charge in [0.25, 0.3) is 0 Å². The third-order valence-electron chi connectivity index (χ3n) is 4.16. The summed E-state index contributed by atoms with van der Waals surface area (Å²) in [6.07, 6.45) is 5.85. The number of rotatable bonds is 4. The molecule has 1 saturated carbocycles. The first kappa shape index (κ1) is 16.5. The lowest BCUT2D eigenvalue weighted by atomic mass is 9.80. The highest BCUT2D eigenvalue weighted by Gasteiger charge is 2.35. The number of aliphatic hydroxyl groups is 1. The molecule has 0 bridgehead atoms. The van der Waals surface area contributed by atoms with Crippen molar-refractivity contribution in [3.8, 4) is 5.69 Å². The highest BCUT2D eigenvalue weighted by molar-refractivity contribution is 6.40. The number of nitrogens with one attached hydrogen (secondary N) is 2. The Kier molecular flexibility index (Phi) is 4.59. The van der Waals surface area contributed by atoms with Crippen LogP contribution >= 0.6 is 11.6 Å². The second-order valence-electron chi connectivity index (χ2n) is 5.97. The lowest BCUT2D eigenvalue weighted by Gasteiger charge is -2.36. The van der Waals surface area contributed by atoms with E-state index in [2.05, 4.69) is 10.6 Å². The van der Waals surface area contributed by atoms with Crippen molar-refractivity contribution >= 4 is 29.1 Å². The van der Waals surface area contributed by atoms with Gasteiger partial charge in [-0.05, 0) is 49.6 Å². The van der Waals surface area contributed by atoms with E-state index in [0.29, 0.717) is 29.2 Å². The van der Waals surface area contributed by atoms with Gasteiger partial charge in [0.15, 0.2) is 0 Å². The van der Waals surface area contributed by atoms with E-state index in [4.69, 9.17) is 11.6 Å². The van der Waals surface area contributed by atoms with Gasteiger partial charge in [-0.1, -0.05) is 11.6 Å². The van der Waals surface area contributed by atoms with Crippen molar-refractivity contribution in [3.63, 3.8) is 0 Å². The van der Waals surface area contributed by atoms with Gasteiger partial charge in [-0.2, -0.15) is 0 Å². The van der Waals surface area contributed by atoms with Crippen molar-refractivity contribution in [2.24, 2.45) is 0 Å². The molecule has 2 aromatic rings. The van der Waals surface area contributed by atoms with E-state index in [1.165, 1.54) is 0 Å². The molecule has 0 radical (unpaired) electrons. The molecule has 0 atom stereocenters. The summed E-state index contributed by atoms with van der Waals surface area (Å²) in [6, 6.07) is 8.67. The molecule has 7 heteroatoms. The van der Waals surface area contributed by atoms with Crippen LogP contribution in [0.15, 0.2) is 42.7 Å². The van der Waals surface area contributed by atoms with Crippen molar-refractivity contribution < 1.29 is 14.7 Å². The summed E-state index contributed by atoms with van der Waals surface area (Å²) in [7, 11) is 0. The van der Waals surface area contributed by atoms with Crippen molar-refractivity contribution in [1.82, 2.24) is 9.88 Å². The summed E-state index contributed by atoms with van der Waals surface area (Å²) in [5.74, 6) is -1.56. The predicted octanol–water partition coefficient (Wildman–Crippen LogP) is 2.10. The van der Waals surface area contributed by atoms with E-state index in [-0.39, 0.29) is 6.54 Å². The van der Waals surface area contributed by atoms with E-state index >= 15 is 0 Å². The number of carbonyl (C=O) groups excluding carboxylic acids is 2. The van der Waals surface area contributed by atoms with Gasteiger partial charge >= 0.3 is 11.8 Å². The molecule has 126 valence electrons. The summed E-state index contributed by atoms with van der Waals surface area (Å²) in [6.45, 7) is 0.0876. The maximum atomic E-state index is 12.1. The zero-order chi connectivity index (χ0) is 17.2. The van der Waals surface area contributed by atoms with Gasteiger partial charge < -0.3 is 20.3 Å². The van der Waals surface area contributed by atoms with Crippen LogP contribution in [0.3, 0.4) is 0 Å². The number of anilines is 1. The summed E-state index contributed by atoms with van der Waals surface area (Å²) < 4.78 is 1.79. The smallest absolute Gasteiger partial charge is 0.313 e. The maximum absolute atomic E-state index is 12.1. The van der Waals surface area contributed by atoms with Gasteiger partial charge in [-0.25, -0.2) is 0 Å². The van der Waals surface area contributed by atoms with Gasteiger partial charge in [-0.15, -0.1) is 0 Å². The van der Waals surface area contributed by atoms with E-state index in [0.717, 1.165) is 6.42 Å². The summed E-state index contributed by atoms with van der Waals surface area (Å²) in [5, 5.41) is 15.6. The van der Waals surface area contributed by atoms with Gasteiger partial charge in [0.2, 0.25) is 0 Å². The molecule has 0 unspecified atom stereocenters. The SMILES string of the molecule is O=C(NCC1(O)CCC1)C(=O)Nc1ccc(Cl)cc1-n1cccc1. The molecular formula is C17H18ClN3O3. The van der Waals surface area contributed by atoms with Crippen molar-refractivity contribution in [3.05, 3.63) is 47.7 Å². The molecule has 24 heavy (non-hydrogen) atoms. The van der Waals surface area contributed by atoms with Crippen LogP contribution in [0.2, 0.25) is 5.02 Å².